The van der Waals surface area contributed by atoms with Crippen molar-refractivity contribution in [2.75, 3.05) is 26.2 Å². The van der Waals surface area contributed by atoms with Gasteiger partial charge in [0, 0.05) is 25.2 Å². The molecule has 0 aliphatic carbocycles. The number of nitrogens with zero attached hydrogens (tertiary/aromatic N) is 1. The Morgan fingerprint density at radius 3 is 2.37 bits per heavy atom. The topological polar surface area (TPSA) is 61.4 Å². The number of benzene rings is 1. The lowest BCUT2D eigenvalue weighted by Gasteiger charge is -2.40. The summed E-state index contributed by atoms with van der Waals surface area (Å²) < 4.78 is 0. The predicted octanol–water partition coefficient (Wildman–Crippen LogP) is 2.77. The number of carbonyl (C=O) groups excluding carboxylic acids is 2. The van der Waals surface area contributed by atoms with Crippen molar-refractivity contribution in [3.8, 4) is 0 Å². The number of amides is 2. The van der Waals surface area contributed by atoms with Crippen LogP contribution >= 0.6 is 12.4 Å². The minimum absolute atomic E-state index is 0. The molecule has 1 aromatic rings. The van der Waals surface area contributed by atoms with E-state index in [1.54, 1.807) is 0 Å². The minimum atomic E-state index is -0.474. The Morgan fingerprint density at radius 1 is 1.15 bits per heavy atom. The maximum atomic E-state index is 13.1. The van der Waals surface area contributed by atoms with Crippen molar-refractivity contribution in [1.82, 2.24) is 15.5 Å². The van der Waals surface area contributed by atoms with E-state index in [-0.39, 0.29) is 30.1 Å². The van der Waals surface area contributed by atoms with Gasteiger partial charge < -0.3 is 15.5 Å². The molecule has 2 aliphatic rings. The van der Waals surface area contributed by atoms with Gasteiger partial charge in [0.25, 0.3) is 5.91 Å². The second-order valence-electron chi connectivity index (χ2n) is 8.26. The quantitative estimate of drug-likeness (QED) is 0.826. The third kappa shape index (κ3) is 4.82. The van der Waals surface area contributed by atoms with Crippen LogP contribution in [0.2, 0.25) is 0 Å². The minimum Gasteiger partial charge on any atom is -0.341 e. The van der Waals surface area contributed by atoms with Crippen molar-refractivity contribution < 1.29 is 9.59 Å². The van der Waals surface area contributed by atoms with Gasteiger partial charge >= 0.3 is 0 Å². The van der Waals surface area contributed by atoms with E-state index in [0.29, 0.717) is 11.0 Å². The standard InChI is InChI=1S/C21H31N3O2.ClH/c1-15(2)18(23-19(25)17-7-5-4-6-16(17)3)20(26)24-12-9-21(10-13-24)8-11-22-14-21;/h4-7,15,18,22H,8-14H2,1-3H3,(H,23,25);1H. The summed E-state index contributed by atoms with van der Waals surface area (Å²) in [5.41, 5.74) is 1.95. The Bertz CT molecular complexity index is 661. The molecule has 2 heterocycles. The van der Waals surface area contributed by atoms with Crippen molar-refractivity contribution in [2.45, 2.75) is 46.1 Å². The van der Waals surface area contributed by atoms with E-state index in [2.05, 4.69) is 10.6 Å². The fraction of sp³-hybridized carbons (Fsp3) is 0.619. The monoisotopic (exact) mass is 393 g/mol. The highest BCUT2D eigenvalue weighted by Crippen LogP contribution is 2.37. The zero-order chi connectivity index (χ0) is 18.7. The number of aryl methyl sites for hydroxylation is 1. The summed E-state index contributed by atoms with van der Waals surface area (Å²) in [6.07, 6.45) is 3.33. The van der Waals surface area contributed by atoms with Crippen LogP contribution in [0, 0.1) is 18.3 Å². The van der Waals surface area contributed by atoms with Gasteiger partial charge in [-0.3, -0.25) is 9.59 Å². The first-order valence-corrected chi connectivity index (χ1v) is 9.78. The van der Waals surface area contributed by atoms with E-state index >= 15 is 0 Å². The average Bonchev–Trinajstić information content (AvgIpc) is 3.07. The molecule has 5 nitrogen and oxygen atoms in total. The highest BCUT2D eigenvalue weighted by atomic mass is 35.5. The van der Waals surface area contributed by atoms with Gasteiger partial charge in [-0.2, -0.15) is 0 Å². The van der Waals surface area contributed by atoms with Gasteiger partial charge in [0.1, 0.15) is 6.04 Å². The summed E-state index contributed by atoms with van der Waals surface area (Å²) in [4.78, 5) is 27.7. The molecule has 0 bridgehead atoms. The molecule has 3 rings (SSSR count). The van der Waals surface area contributed by atoms with Crippen LogP contribution in [0.3, 0.4) is 0 Å². The number of halogens is 1. The molecule has 1 unspecified atom stereocenters. The normalized spacial score (nSPS) is 19.6. The van der Waals surface area contributed by atoms with Crippen LogP contribution in [-0.4, -0.2) is 48.9 Å². The Labute approximate surface area is 168 Å². The summed E-state index contributed by atoms with van der Waals surface area (Å²) >= 11 is 0. The largest absolute Gasteiger partial charge is 0.341 e. The SMILES string of the molecule is Cc1ccccc1C(=O)NC(C(=O)N1CCC2(CCNC2)CC1)C(C)C.Cl. The molecular weight excluding hydrogens is 362 g/mol. The molecule has 0 saturated carbocycles. The highest BCUT2D eigenvalue weighted by Gasteiger charge is 2.39. The Hall–Kier alpha value is -1.59. The first-order valence-electron chi connectivity index (χ1n) is 9.78. The van der Waals surface area contributed by atoms with Gasteiger partial charge in [-0.15, -0.1) is 12.4 Å². The smallest absolute Gasteiger partial charge is 0.252 e. The Morgan fingerprint density at radius 2 is 1.81 bits per heavy atom. The molecule has 1 atom stereocenters. The van der Waals surface area contributed by atoms with Crippen molar-refractivity contribution in [1.29, 1.82) is 0 Å². The van der Waals surface area contributed by atoms with Crippen LogP contribution in [-0.2, 0) is 4.79 Å². The fourth-order valence-corrected chi connectivity index (χ4v) is 4.18. The van der Waals surface area contributed by atoms with Crippen LogP contribution in [0.4, 0.5) is 0 Å². The molecule has 1 aromatic carbocycles. The lowest BCUT2D eigenvalue weighted by atomic mass is 9.77. The number of hydrogen-bond acceptors (Lipinski definition) is 3. The molecular formula is C21H32ClN3O2. The predicted molar refractivity (Wildman–Crippen MR) is 110 cm³/mol. The summed E-state index contributed by atoms with van der Waals surface area (Å²) in [7, 11) is 0. The van der Waals surface area contributed by atoms with Gasteiger partial charge in [0.05, 0.1) is 0 Å². The number of hydrogen-bond donors (Lipinski definition) is 2. The third-order valence-corrected chi connectivity index (χ3v) is 6.08. The molecule has 0 aromatic heterocycles. The van der Waals surface area contributed by atoms with Crippen molar-refractivity contribution >= 4 is 24.2 Å². The van der Waals surface area contributed by atoms with Gasteiger partial charge in [0.2, 0.25) is 5.91 Å². The van der Waals surface area contributed by atoms with E-state index in [1.165, 1.54) is 6.42 Å². The zero-order valence-electron chi connectivity index (χ0n) is 16.6. The lowest BCUT2D eigenvalue weighted by Crippen LogP contribution is -2.54. The maximum absolute atomic E-state index is 13.1. The van der Waals surface area contributed by atoms with E-state index < -0.39 is 6.04 Å². The maximum Gasteiger partial charge on any atom is 0.252 e. The van der Waals surface area contributed by atoms with Crippen molar-refractivity contribution in [3.63, 3.8) is 0 Å². The van der Waals surface area contributed by atoms with Crippen LogP contribution in [0.15, 0.2) is 24.3 Å². The number of rotatable bonds is 4. The van der Waals surface area contributed by atoms with Crippen molar-refractivity contribution in [3.05, 3.63) is 35.4 Å². The molecule has 2 amide bonds. The molecule has 27 heavy (non-hydrogen) atoms. The highest BCUT2D eigenvalue weighted by molar-refractivity contribution is 5.98. The Balaban J connectivity index is 0.00000261. The second kappa shape index (κ2) is 9.07. The van der Waals surface area contributed by atoms with Crippen molar-refractivity contribution in [2.24, 2.45) is 11.3 Å². The summed E-state index contributed by atoms with van der Waals surface area (Å²) in [5.74, 6) is -0.0501. The summed E-state index contributed by atoms with van der Waals surface area (Å²) in [6, 6.07) is 7.02. The van der Waals surface area contributed by atoms with Gasteiger partial charge in [-0.1, -0.05) is 32.0 Å². The first kappa shape index (κ1) is 21.7. The number of nitrogens with one attached hydrogen (secondary N) is 2. The van der Waals surface area contributed by atoms with Gasteiger partial charge in [-0.05, 0) is 55.7 Å². The second-order valence-corrected chi connectivity index (χ2v) is 8.26. The van der Waals surface area contributed by atoms with Crippen LogP contribution in [0.1, 0.15) is 49.0 Å². The molecule has 0 radical (unpaired) electrons. The number of likely N-dealkylation sites (tertiary alicyclic amines) is 1. The van der Waals surface area contributed by atoms with E-state index in [9.17, 15) is 9.59 Å². The summed E-state index contributed by atoms with van der Waals surface area (Å²) in [5, 5.41) is 6.45. The van der Waals surface area contributed by atoms with Crippen LogP contribution < -0.4 is 10.6 Å². The molecule has 2 aliphatic heterocycles. The van der Waals surface area contributed by atoms with E-state index in [0.717, 1.165) is 44.6 Å². The van der Waals surface area contributed by atoms with Gasteiger partial charge in [0.15, 0.2) is 0 Å². The first-order chi connectivity index (χ1) is 12.4. The van der Waals surface area contributed by atoms with Crippen LogP contribution in [0.5, 0.6) is 0 Å². The molecule has 6 heteroatoms. The van der Waals surface area contributed by atoms with E-state index in [4.69, 9.17) is 0 Å². The number of carbonyl (C=O) groups is 2. The molecule has 2 saturated heterocycles. The molecule has 1 spiro atoms. The average molecular weight is 394 g/mol. The number of piperidine rings is 1. The zero-order valence-corrected chi connectivity index (χ0v) is 17.4. The Kier molecular flexibility index (Phi) is 7.29. The molecule has 150 valence electrons. The van der Waals surface area contributed by atoms with Gasteiger partial charge in [-0.25, -0.2) is 0 Å². The van der Waals surface area contributed by atoms with E-state index in [1.807, 2.05) is 49.9 Å². The summed E-state index contributed by atoms with van der Waals surface area (Å²) in [6.45, 7) is 9.66. The fourth-order valence-electron chi connectivity index (χ4n) is 4.18. The van der Waals surface area contributed by atoms with Crippen LogP contribution in [0.25, 0.3) is 0 Å². The molecule has 2 fully saturated rings. The molecule has 2 N–H and O–H groups in total. The lowest BCUT2D eigenvalue weighted by molar-refractivity contribution is -0.136. The third-order valence-electron chi connectivity index (χ3n) is 6.08.